The van der Waals surface area contributed by atoms with E-state index in [0.717, 1.165) is 35.2 Å². The third-order valence-corrected chi connectivity index (χ3v) is 6.53. The number of phenols is 1. The number of hydrogen-bond donors (Lipinski definition) is 2. The summed E-state index contributed by atoms with van der Waals surface area (Å²) in [7, 11) is 3.46. The Balaban J connectivity index is 2.64. The molecule has 0 bridgehead atoms. The molecular weight excluding hydrogens is 386 g/mol. The van der Waals surface area contributed by atoms with Crippen molar-refractivity contribution < 1.29 is 14.6 Å². The highest BCUT2D eigenvalue weighted by Crippen LogP contribution is 2.48. The fraction of sp³-hybridized carbons (Fsp3) is 0.444. The monoisotopic (exact) mass is 423 g/mol. The molecular formula is C27H37NO3. The minimum atomic E-state index is -0.287. The Kier molecular flexibility index (Phi) is 7.58. The number of carbonyl (C=O) groups excluding carboxylic acids is 1. The van der Waals surface area contributed by atoms with Gasteiger partial charge in [-0.1, -0.05) is 41.5 Å². The molecule has 0 unspecified atom stereocenters. The van der Waals surface area contributed by atoms with E-state index in [4.69, 9.17) is 4.74 Å². The van der Waals surface area contributed by atoms with Crippen molar-refractivity contribution >= 4 is 17.5 Å². The van der Waals surface area contributed by atoms with Crippen LogP contribution in [0.15, 0.2) is 36.4 Å². The van der Waals surface area contributed by atoms with E-state index in [1.807, 2.05) is 37.4 Å². The molecule has 0 atom stereocenters. The molecule has 0 saturated carbocycles. The molecule has 4 heteroatoms. The van der Waals surface area contributed by atoms with Gasteiger partial charge in [0.15, 0.2) is 5.78 Å². The van der Waals surface area contributed by atoms with Crippen LogP contribution in [0.1, 0.15) is 81.4 Å². The van der Waals surface area contributed by atoms with Crippen molar-refractivity contribution in [3.63, 3.8) is 0 Å². The summed E-state index contributed by atoms with van der Waals surface area (Å²) in [5, 5.41) is 14.3. The quantitative estimate of drug-likeness (QED) is 0.347. The average Bonchev–Trinajstić information content (AvgIpc) is 2.77. The zero-order chi connectivity index (χ0) is 23.4. The van der Waals surface area contributed by atoms with E-state index >= 15 is 0 Å². The maximum Gasteiger partial charge on any atom is 0.185 e. The van der Waals surface area contributed by atoms with E-state index in [2.05, 4.69) is 46.9 Å². The molecule has 4 nitrogen and oxygen atoms in total. The molecule has 0 amide bonds. The van der Waals surface area contributed by atoms with Crippen LogP contribution in [0.2, 0.25) is 0 Å². The second-order valence-electron chi connectivity index (χ2n) is 9.27. The summed E-state index contributed by atoms with van der Waals surface area (Å²) in [6.45, 7) is 12.7. The van der Waals surface area contributed by atoms with Crippen LogP contribution in [0.3, 0.4) is 0 Å². The molecule has 0 radical (unpaired) electrons. The van der Waals surface area contributed by atoms with E-state index in [9.17, 15) is 9.90 Å². The van der Waals surface area contributed by atoms with E-state index in [1.54, 1.807) is 19.3 Å². The standard InChI is InChI=1S/C27H37NO3/c1-9-26(3,4)21-17-19(25(31-8)23(24(21)30)27(5,6)10-2)13-16-22(29)18-11-14-20(28-7)15-12-18/h11-17,28,30H,9-10H2,1-8H3/b16-13+. The van der Waals surface area contributed by atoms with Crippen LogP contribution in [0.4, 0.5) is 5.69 Å². The molecule has 0 aliphatic heterocycles. The molecule has 2 aromatic carbocycles. The Bertz CT molecular complexity index is 953. The molecule has 0 spiro atoms. The number of allylic oxidation sites excluding steroid dienone is 1. The summed E-state index contributed by atoms with van der Waals surface area (Å²) in [6, 6.07) is 9.34. The molecule has 31 heavy (non-hydrogen) atoms. The van der Waals surface area contributed by atoms with Crippen LogP contribution in [-0.2, 0) is 10.8 Å². The van der Waals surface area contributed by atoms with Crippen LogP contribution >= 0.6 is 0 Å². The Morgan fingerprint density at radius 2 is 1.65 bits per heavy atom. The second kappa shape index (κ2) is 9.59. The first-order valence-electron chi connectivity index (χ1n) is 11.0. The molecule has 0 aliphatic carbocycles. The number of anilines is 1. The number of carbonyl (C=O) groups is 1. The molecule has 2 aromatic rings. The number of ether oxygens (including phenoxy) is 1. The van der Waals surface area contributed by atoms with Gasteiger partial charge in [-0.3, -0.25) is 4.79 Å². The Hall–Kier alpha value is -2.75. The first-order valence-corrected chi connectivity index (χ1v) is 11.0. The second-order valence-corrected chi connectivity index (χ2v) is 9.27. The van der Waals surface area contributed by atoms with Gasteiger partial charge in [0.25, 0.3) is 0 Å². The largest absolute Gasteiger partial charge is 0.507 e. The van der Waals surface area contributed by atoms with Gasteiger partial charge in [-0.2, -0.15) is 0 Å². The van der Waals surface area contributed by atoms with Crippen molar-refractivity contribution in [3.8, 4) is 11.5 Å². The third kappa shape index (κ3) is 5.12. The van der Waals surface area contributed by atoms with Gasteiger partial charge in [0, 0.05) is 35.0 Å². The Morgan fingerprint density at radius 1 is 1.06 bits per heavy atom. The smallest absolute Gasteiger partial charge is 0.185 e. The maximum absolute atomic E-state index is 12.8. The lowest BCUT2D eigenvalue weighted by Crippen LogP contribution is -2.22. The lowest BCUT2D eigenvalue weighted by atomic mass is 9.74. The first-order chi connectivity index (χ1) is 14.5. The van der Waals surface area contributed by atoms with Gasteiger partial charge >= 0.3 is 0 Å². The Morgan fingerprint density at radius 3 is 2.13 bits per heavy atom. The van der Waals surface area contributed by atoms with E-state index in [-0.39, 0.29) is 16.6 Å². The van der Waals surface area contributed by atoms with Crippen LogP contribution in [0, 0.1) is 0 Å². The molecule has 0 aromatic heterocycles. The summed E-state index contributed by atoms with van der Waals surface area (Å²) in [5.41, 5.74) is 3.54. The van der Waals surface area contributed by atoms with Gasteiger partial charge in [0.2, 0.25) is 0 Å². The summed E-state index contributed by atoms with van der Waals surface area (Å²) in [4.78, 5) is 12.8. The predicted molar refractivity (Wildman–Crippen MR) is 131 cm³/mol. The fourth-order valence-corrected chi connectivity index (χ4v) is 3.59. The number of ketones is 1. The lowest BCUT2D eigenvalue weighted by Gasteiger charge is -2.32. The Labute approximate surface area is 187 Å². The normalized spacial score (nSPS) is 12.3. The summed E-state index contributed by atoms with van der Waals surface area (Å²) in [5.74, 6) is 0.835. The van der Waals surface area contributed by atoms with Gasteiger partial charge in [-0.15, -0.1) is 0 Å². The molecule has 0 aliphatic rings. The summed E-state index contributed by atoms with van der Waals surface area (Å²) in [6.07, 6.45) is 5.09. The average molecular weight is 424 g/mol. The van der Waals surface area contributed by atoms with E-state index in [1.165, 1.54) is 0 Å². The molecule has 0 heterocycles. The highest BCUT2D eigenvalue weighted by atomic mass is 16.5. The first kappa shape index (κ1) is 24.5. The summed E-state index contributed by atoms with van der Waals surface area (Å²) < 4.78 is 5.78. The number of benzene rings is 2. The minimum Gasteiger partial charge on any atom is -0.507 e. The van der Waals surface area contributed by atoms with Crippen LogP contribution in [-0.4, -0.2) is 25.0 Å². The molecule has 168 valence electrons. The topological polar surface area (TPSA) is 58.6 Å². The third-order valence-electron chi connectivity index (χ3n) is 6.53. The van der Waals surface area contributed by atoms with Gasteiger partial charge in [0.1, 0.15) is 11.5 Å². The van der Waals surface area contributed by atoms with Gasteiger partial charge < -0.3 is 15.2 Å². The molecule has 0 fully saturated rings. The predicted octanol–water partition coefficient (Wildman–Crippen LogP) is 6.71. The minimum absolute atomic E-state index is 0.0783. The van der Waals surface area contributed by atoms with E-state index in [0.29, 0.717) is 17.1 Å². The van der Waals surface area contributed by atoms with E-state index < -0.39 is 0 Å². The maximum atomic E-state index is 12.8. The van der Waals surface area contributed by atoms with Crippen LogP contribution in [0.5, 0.6) is 11.5 Å². The zero-order valence-corrected chi connectivity index (χ0v) is 20.2. The number of methoxy groups -OCH3 is 1. The lowest BCUT2D eigenvalue weighted by molar-refractivity contribution is 0.104. The SMILES string of the molecule is CCC(C)(C)c1cc(/C=C/C(=O)c2ccc(NC)cc2)c(OC)c(C(C)(C)CC)c1O. The fourth-order valence-electron chi connectivity index (χ4n) is 3.59. The van der Waals surface area contributed by atoms with Crippen molar-refractivity contribution in [3.05, 3.63) is 58.7 Å². The molecule has 2 rings (SSSR count). The number of nitrogens with one attached hydrogen (secondary N) is 1. The van der Waals surface area contributed by atoms with Crippen molar-refractivity contribution in [2.75, 3.05) is 19.5 Å². The van der Waals surface area contributed by atoms with Gasteiger partial charge in [-0.05, 0) is 66.2 Å². The number of aromatic hydroxyl groups is 1. The summed E-state index contributed by atoms with van der Waals surface area (Å²) >= 11 is 0. The molecule has 0 saturated heterocycles. The number of hydrogen-bond acceptors (Lipinski definition) is 4. The number of rotatable bonds is 9. The highest BCUT2D eigenvalue weighted by molar-refractivity contribution is 6.07. The highest BCUT2D eigenvalue weighted by Gasteiger charge is 2.33. The zero-order valence-electron chi connectivity index (χ0n) is 20.2. The number of phenolic OH excluding ortho intramolecular Hbond substituents is 1. The van der Waals surface area contributed by atoms with Gasteiger partial charge in [-0.25, -0.2) is 0 Å². The van der Waals surface area contributed by atoms with Crippen molar-refractivity contribution in [2.45, 2.75) is 65.2 Å². The van der Waals surface area contributed by atoms with Crippen LogP contribution < -0.4 is 10.1 Å². The van der Waals surface area contributed by atoms with Gasteiger partial charge in [0.05, 0.1) is 7.11 Å². The van der Waals surface area contributed by atoms with Crippen molar-refractivity contribution in [1.29, 1.82) is 0 Å². The van der Waals surface area contributed by atoms with Crippen molar-refractivity contribution in [1.82, 2.24) is 0 Å². The molecule has 2 N–H and O–H groups in total. The van der Waals surface area contributed by atoms with Crippen molar-refractivity contribution in [2.24, 2.45) is 0 Å². The van der Waals surface area contributed by atoms with Crippen LogP contribution in [0.25, 0.3) is 6.08 Å².